The highest BCUT2D eigenvalue weighted by Gasteiger charge is 2.34. The third-order valence-corrected chi connectivity index (χ3v) is 9.79. The Hall–Kier alpha value is -2.50. The monoisotopic (exact) mass is 516 g/mol. The molecule has 3 nitrogen and oxygen atoms in total. The van der Waals surface area contributed by atoms with E-state index < -0.39 is 0 Å². The van der Waals surface area contributed by atoms with Gasteiger partial charge in [0.2, 0.25) is 0 Å². The zero-order chi connectivity index (χ0) is 25.8. The van der Waals surface area contributed by atoms with E-state index in [1.807, 2.05) is 11.3 Å². The van der Waals surface area contributed by atoms with Crippen LogP contribution in [0.1, 0.15) is 60.6 Å². The maximum atomic E-state index is 5.90. The number of thiophene rings is 1. The second-order valence-electron chi connectivity index (χ2n) is 11.0. The molecule has 0 amide bonds. The first kappa shape index (κ1) is 25.2. The lowest BCUT2D eigenvalue weighted by atomic mass is 9.73. The highest BCUT2D eigenvalue weighted by Crippen LogP contribution is 2.48. The zero-order valence-corrected chi connectivity index (χ0v) is 24.4. The third-order valence-electron chi connectivity index (χ3n) is 8.07. The molecule has 1 aliphatic heterocycles. The van der Waals surface area contributed by atoms with Crippen LogP contribution in [-0.4, -0.2) is 61.0 Å². The Bertz CT molecular complexity index is 1360. The number of allylic oxidation sites excluding steroid dienone is 5. The first-order valence-electron chi connectivity index (χ1n) is 13.1. The molecule has 0 saturated heterocycles. The summed E-state index contributed by atoms with van der Waals surface area (Å²) in [6.07, 6.45) is 9.11. The van der Waals surface area contributed by atoms with Crippen molar-refractivity contribution in [3.63, 3.8) is 0 Å². The normalized spacial score (nSPS) is 17.9. The number of nitrogens with zero attached hydrogens (tertiary/aromatic N) is 3. The van der Waals surface area contributed by atoms with Gasteiger partial charge in [-0.3, -0.25) is 0 Å². The fourth-order valence-corrected chi connectivity index (χ4v) is 7.19. The van der Waals surface area contributed by atoms with E-state index >= 15 is 0 Å². The quantitative estimate of drug-likeness (QED) is 0.341. The number of fused-ring (bicyclic) bond motifs is 3. The van der Waals surface area contributed by atoms with E-state index in [2.05, 4.69) is 106 Å². The van der Waals surface area contributed by atoms with Gasteiger partial charge in [-0.2, -0.15) is 0 Å². The van der Waals surface area contributed by atoms with Gasteiger partial charge in [0.05, 0.1) is 4.88 Å². The molecule has 2 heterocycles. The summed E-state index contributed by atoms with van der Waals surface area (Å²) in [5, 5.41) is 0. The summed E-state index contributed by atoms with van der Waals surface area (Å²) in [6.45, 7) is 12.1. The second-order valence-corrected chi connectivity index (χ2v) is 12.5. The highest BCUT2D eigenvalue weighted by molar-refractivity contribution is 7.81. The molecule has 0 saturated carbocycles. The van der Waals surface area contributed by atoms with E-state index in [0.29, 0.717) is 0 Å². The van der Waals surface area contributed by atoms with Crippen molar-refractivity contribution in [3.05, 3.63) is 80.1 Å². The van der Waals surface area contributed by atoms with E-state index in [1.165, 1.54) is 61.0 Å². The van der Waals surface area contributed by atoms with Gasteiger partial charge < -0.3 is 9.80 Å². The smallest absolute Gasteiger partial charge is 0.199 e. The lowest BCUT2D eigenvalue weighted by molar-refractivity contribution is -0.462. The summed E-state index contributed by atoms with van der Waals surface area (Å²) < 4.78 is 2.20. The minimum Gasteiger partial charge on any atom is -0.374 e. The van der Waals surface area contributed by atoms with Gasteiger partial charge in [-0.15, -0.1) is 11.3 Å². The van der Waals surface area contributed by atoms with Crippen LogP contribution in [0, 0.1) is 0 Å². The predicted molar refractivity (Wildman–Crippen MR) is 160 cm³/mol. The standard InChI is InChI=1S/C31H38N3S2/c1-8-34(9-2)30(35)28-13-12-27(36-28)29-23-11-10-22(32(5)6)17-20(23)16-21-18-26-25(19-24(21)29)31(3,4)14-15-33(26)7/h10-13,17-19H,8-9,14-16H2,1-7H3/q+1. The van der Waals surface area contributed by atoms with Crippen LogP contribution in [0.15, 0.2) is 53.6 Å². The summed E-state index contributed by atoms with van der Waals surface area (Å²) in [5.74, 6) is 0. The first-order chi connectivity index (χ1) is 17.1. The second kappa shape index (κ2) is 9.42. The van der Waals surface area contributed by atoms with Crippen molar-refractivity contribution in [1.29, 1.82) is 0 Å². The third kappa shape index (κ3) is 4.20. The van der Waals surface area contributed by atoms with Gasteiger partial charge >= 0.3 is 0 Å². The molecule has 0 bridgehead atoms. The van der Waals surface area contributed by atoms with Crippen molar-refractivity contribution >= 4 is 45.5 Å². The van der Waals surface area contributed by atoms with Crippen molar-refractivity contribution < 1.29 is 4.58 Å². The Labute approximate surface area is 226 Å². The van der Waals surface area contributed by atoms with Crippen LogP contribution in [0.2, 0.25) is 0 Å². The van der Waals surface area contributed by atoms with Gasteiger partial charge in [0.1, 0.15) is 19.1 Å². The predicted octanol–water partition coefficient (Wildman–Crippen LogP) is 6.45. The molecule has 188 valence electrons. The Morgan fingerprint density at radius 3 is 2.58 bits per heavy atom. The van der Waals surface area contributed by atoms with Crippen LogP contribution < -0.4 is 4.90 Å². The molecule has 3 aliphatic rings. The van der Waals surface area contributed by atoms with Crippen molar-refractivity contribution in [2.45, 2.75) is 46.0 Å². The first-order valence-corrected chi connectivity index (χ1v) is 14.3. The summed E-state index contributed by atoms with van der Waals surface area (Å²) in [7, 11) is 6.48. The summed E-state index contributed by atoms with van der Waals surface area (Å²) >= 11 is 7.74. The van der Waals surface area contributed by atoms with Crippen molar-refractivity contribution in [3.8, 4) is 0 Å². The van der Waals surface area contributed by atoms with E-state index in [4.69, 9.17) is 12.2 Å². The number of hydrogen-bond acceptors (Lipinski definition) is 3. The van der Waals surface area contributed by atoms with Crippen LogP contribution in [0.5, 0.6) is 0 Å². The molecule has 0 fully saturated rings. The van der Waals surface area contributed by atoms with Gasteiger partial charge in [0.15, 0.2) is 5.71 Å². The SMILES string of the molecule is CCN(CC)C(=S)c1ccc(C2=C3C=CC(=[N+](C)C)C=C3Cc3cc4c(cc32)C(C)(C)CCN4C)s1. The zero-order valence-electron chi connectivity index (χ0n) is 22.7. The van der Waals surface area contributed by atoms with Crippen molar-refractivity contribution in [2.75, 3.05) is 45.7 Å². The van der Waals surface area contributed by atoms with Crippen LogP contribution in [0.4, 0.5) is 5.69 Å². The number of anilines is 1. The molecule has 5 rings (SSSR count). The lowest BCUT2D eigenvalue weighted by Crippen LogP contribution is -2.35. The average Bonchev–Trinajstić information content (AvgIpc) is 3.34. The van der Waals surface area contributed by atoms with Gasteiger partial charge in [-0.05, 0) is 90.3 Å². The Morgan fingerprint density at radius 1 is 1.14 bits per heavy atom. The molecule has 2 aliphatic carbocycles. The maximum absolute atomic E-state index is 5.90. The molecule has 0 atom stereocenters. The highest BCUT2D eigenvalue weighted by atomic mass is 32.1. The Balaban J connectivity index is 1.72. The van der Waals surface area contributed by atoms with Gasteiger partial charge in [0.25, 0.3) is 0 Å². The molecule has 36 heavy (non-hydrogen) atoms. The van der Waals surface area contributed by atoms with E-state index in [1.54, 1.807) is 0 Å². The van der Waals surface area contributed by atoms with Crippen molar-refractivity contribution in [2.24, 2.45) is 0 Å². The minimum atomic E-state index is 0.169. The largest absolute Gasteiger partial charge is 0.374 e. The minimum absolute atomic E-state index is 0.169. The summed E-state index contributed by atoms with van der Waals surface area (Å²) in [6, 6.07) is 9.51. The van der Waals surface area contributed by atoms with Crippen LogP contribution in [-0.2, 0) is 11.8 Å². The van der Waals surface area contributed by atoms with Gasteiger partial charge in [-0.1, -0.05) is 26.1 Å². The molecule has 0 radical (unpaired) electrons. The van der Waals surface area contributed by atoms with Gasteiger partial charge in [-0.25, -0.2) is 4.58 Å². The van der Waals surface area contributed by atoms with E-state index in [0.717, 1.165) is 31.0 Å². The molecular weight excluding hydrogens is 478 g/mol. The topological polar surface area (TPSA) is 9.49 Å². The molecule has 1 aromatic carbocycles. The number of benzene rings is 1. The average molecular weight is 517 g/mol. The molecule has 5 heteroatoms. The molecule has 0 N–H and O–H groups in total. The Kier molecular flexibility index (Phi) is 6.59. The fraction of sp³-hybridized carbons (Fsp3) is 0.419. The molecular formula is C31H38N3S2+. The van der Waals surface area contributed by atoms with Gasteiger partial charge in [0, 0.05) is 55.0 Å². The maximum Gasteiger partial charge on any atom is 0.199 e. The van der Waals surface area contributed by atoms with Crippen molar-refractivity contribution in [1.82, 2.24) is 4.90 Å². The number of rotatable bonds is 4. The number of hydrogen-bond donors (Lipinski definition) is 0. The fourth-order valence-electron chi connectivity index (χ4n) is 5.69. The van der Waals surface area contributed by atoms with E-state index in [9.17, 15) is 0 Å². The molecule has 1 aromatic heterocycles. The van der Waals surface area contributed by atoms with Crippen LogP contribution >= 0.6 is 23.6 Å². The van der Waals surface area contributed by atoms with E-state index in [-0.39, 0.29) is 5.41 Å². The summed E-state index contributed by atoms with van der Waals surface area (Å²) in [5.41, 5.74) is 11.2. The molecule has 0 spiro atoms. The summed E-state index contributed by atoms with van der Waals surface area (Å²) in [4.78, 5) is 8.17. The molecule has 0 unspecified atom stereocenters. The lowest BCUT2D eigenvalue weighted by Gasteiger charge is -2.40. The Morgan fingerprint density at radius 2 is 1.89 bits per heavy atom. The van der Waals surface area contributed by atoms with Crippen LogP contribution in [0.3, 0.4) is 0 Å². The molecule has 2 aromatic rings. The number of thiocarbonyl (C=S) groups is 1. The van der Waals surface area contributed by atoms with Crippen LogP contribution in [0.25, 0.3) is 5.57 Å².